The highest BCUT2D eigenvalue weighted by atomic mass is 79.9. The molecule has 0 aromatic heterocycles. The third kappa shape index (κ3) is 2.26. The first kappa shape index (κ1) is 11.6. The molecule has 2 rings (SSSR count). The van der Waals surface area contributed by atoms with Gasteiger partial charge in [0.15, 0.2) is 0 Å². The summed E-state index contributed by atoms with van der Waals surface area (Å²) in [6, 6.07) is 4.72. The second kappa shape index (κ2) is 4.53. The Bertz CT molecular complexity index is 421. The molecule has 1 heterocycles. The highest BCUT2D eigenvalue weighted by Crippen LogP contribution is 2.20. The molecular formula is C12H13BrFNO. The lowest BCUT2D eigenvalue weighted by molar-refractivity contribution is 0.0789. The van der Waals surface area contributed by atoms with Crippen LogP contribution in [0, 0.1) is 12.7 Å². The average molecular weight is 286 g/mol. The van der Waals surface area contributed by atoms with Crippen molar-refractivity contribution in [1.29, 1.82) is 0 Å². The summed E-state index contributed by atoms with van der Waals surface area (Å²) in [5.41, 5.74) is 1.00. The molecular weight excluding hydrogens is 273 g/mol. The van der Waals surface area contributed by atoms with Crippen molar-refractivity contribution in [2.75, 3.05) is 13.1 Å². The van der Waals surface area contributed by atoms with Crippen molar-refractivity contribution in [2.24, 2.45) is 0 Å². The van der Waals surface area contributed by atoms with Gasteiger partial charge >= 0.3 is 0 Å². The summed E-state index contributed by atoms with van der Waals surface area (Å²) in [6.07, 6.45) is 0.930. The van der Waals surface area contributed by atoms with Gasteiger partial charge in [-0.05, 0) is 31.0 Å². The molecule has 1 saturated heterocycles. The van der Waals surface area contributed by atoms with Gasteiger partial charge in [0.2, 0.25) is 0 Å². The van der Waals surface area contributed by atoms with Crippen LogP contribution in [0.25, 0.3) is 0 Å². The molecule has 2 nitrogen and oxygen atoms in total. The van der Waals surface area contributed by atoms with E-state index in [1.165, 1.54) is 6.07 Å². The van der Waals surface area contributed by atoms with Crippen LogP contribution in [0.1, 0.15) is 22.3 Å². The van der Waals surface area contributed by atoms with Gasteiger partial charge in [-0.3, -0.25) is 4.79 Å². The normalized spacial score (nSPS) is 20.2. The Morgan fingerprint density at radius 1 is 1.56 bits per heavy atom. The zero-order valence-electron chi connectivity index (χ0n) is 9.04. The Balaban J connectivity index is 2.21. The molecule has 1 aliphatic heterocycles. The largest absolute Gasteiger partial charge is 0.337 e. The summed E-state index contributed by atoms with van der Waals surface area (Å²) in [5.74, 6) is -0.637. The highest BCUT2D eigenvalue weighted by Gasteiger charge is 2.26. The van der Waals surface area contributed by atoms with Gasteiger partial charge in [-0.15, -0.1) is 0 Å². The first-order chi connectivity index (χ1) is 7.58. The van der Waals surface area contributed by atoms with Gasteiger partial charge in [0.05, 0.1) is 5.56 Å². The minimum Gasteiger partial charge on any atom is -0.337 e. The SMILES string of the molecule is Cc1ccc(C(=O)N2CCC(Br)C2)c(F)c1. The summed E-state index contributed by atoms with van der Waals surface area (Å²) < 4.78 is 13.6. The first-order valence-corrected chi connectivity index (χ1v) is 6.19. The summed E-state index contributed by atoms with van der Waals surface area (Å²) in [7, 11) is 0. The van der Waals surface area contributed by atoms with Crippen LogP contribution in [0.15, 0.2) is 18.2 Å². The van der Waals surface area contributed by atoms with Gasteiger partial charge in [0.1, 0.15) is 5.82 Å². The van der Waals surface area contributed by atoms with Crippen LogP contribution < -0.4 is 0 Å². The number of nitrogens with zero attached hydrogens (tertiary/aromatic N) is 1. The molecule has 1 unspecified atom stereocenters. The quantitative estimate of drug-likeness (QED) is 0.727. The van der Waals surface area contributed by atoms with Gasteiger partial charge in [-0.25, -0.2) is 4.39 Å². The maximum atomic E-state index is 13.6. The third-order valence-electron chi connectivity index (χ3n) is 2.77. The van der Waals surface area contributed by atoms with Gasteiger partial charge in [-0.1, -0.05) is 22.0 Å². The molecule has 0 radical (unpaired) electrons. The number of carbonyl (C=O) groups excluding carboxylic acids is 1. The number of likely N-dealkylation sites (tertiary alicyclic amines) is 1. The number of hydrogen-bond donors (Lipinski definition) is 0. The number of aryl methyl sites for hydroxylation is 1. The topological polar surface area (TPSA) is 20.3 Å². The molecule has 1 aromatic carbocycles. The van der Waals surface area contributed by atoms with E-state index in [0.717, 1.165) is 12.0 Å². The molecule has 86 valence electrons. The summed E-state index contributed by atoms with van der Waals surface area (Å²) in [4.78, 5) is 14.0. The number of alkyl halides is 1. The fourth-order valence-corrected chi connectivity index (χ4v) is 2.42. The van der Waals surface area contributed by atoms with Crippen LogP contribution in [0.2, 0.25) is 0 Å². The number of rotatable bonds is 1. The van der Waals surface area contributed by atoms with Crippen molar-refractivity contribution in [3.8, 4) is 0 Å². The van der Waals surface area contributed by atoms with E-state index in [1.54, 1.807) is 17.0 Å². The molecule has 0 saturated carbocycles. The maximum absolute atomic E-state index is 13.6. The smallest absolute Gasteiger partial charge is 0.256 e. The van der Waals surface area contributed by atoms with Crippen molar-refractivity contribution in [2.45, 2.75) is 18.2 Å². The van der Waals surface area contributed by atoms with Crippen LogP contribution >= 0.6 is 15.9 Å². The lowest BCUT2D eigenvalue weighted by Gasteiger charge is -2.16. The Morgan fingerprint density at radius 3 is 2.88 bits per heavy atom. The van der Waals surface area contributed by atoms with Crippen LogP contribution in [0.3, 0.4) is 0 Å². The van der Waals surface area contributed by atoms with Crippen molar-refractivity contribution in [3.63, 3.8) is 0 Å². The van der Waals surface area contributed by atoms with E-state index in [9.17, 15) is 9.18 Å². The van der Waals surface area contributed by atoms with E-state index >= 15 is 0 Å². The van der Waals surface area contributed by atoms with E-state index in [0.29, 0.717) is 17.9 Å². The van der Waals surface area contributed by atoms with Crippen molar-refractivity contribution in [3.05, 3.63) is 35.1 Å². The third-order valence-corrected chi connectivity index (χ3v) is 3.52. The minimum absolute atomic E-state index is 0.173. The van der Waals surface area contributed by atoms with Gasteiger partial charge in [0, 0.05) is 17.9 Å². The maximum Gasteiger partial charge on any atom is 0.256 e. The van der Waals surface area contributed by atoms with Crippen molar-refractivity contribution < 1.29 is 9.18 Å². The van der Waals surface area contributed by atoms with Crippen molar-refractivity contribution in [1.82, 2.24) is 4.90 Å². The monoisotopic (exact) mass is 285 g/mol. The molecule has 0 spiro atoms. The van der Waals surface area contributed by atoms with E-state index in [1.807, 2.05) is 6.92 Å². The fraction of sp³-hybridized carbons (Fsp3) is 0.417. The fourth-order valence-electron chi connectivity index (χ4n) is 1.87. The Kier molecular flexibility index (Phi) is 3.28. The van der Waals surface area contributed by atoms with Crippen LogP contribution in [0.4, 0.5) is 4.39 Å². The zero-order chi connectivity index (χ0) is 11.7. The number of carbonyl (C=O) groups is 1. The van der Waals surface area contributed by atoms with E-state index < -0.39 is 5.82 Å². The van der Waals surface area contributed by atoms with Crippen LogP contribution in [0.5, 0.6) is 0 Å². The van der Waals surface area contributed by atoms with E-state index in [4.69, 9.17) is 0 Å². The molecule has 4 heteroatoms. The predicted molar refractivity (Wildman–Crippen MR) is 64.4 cm³/mol. The Labute approximate surface area is 103 Å². The number of hydrogen-bond acceptors (Lipinski definition) is 1. The van der Waals surface area contributed by atoms with Gasteiger partial charge in [-0.2, -0.15) is 0 Å². The second-order valence-electron chi connectivity index (χ2n) is 4.12. The molecule has 1 amide bonds. The van der Waals surface area contributed by atoms with Crippen LogP contribution in [-0.4, -0.2) is 28.7 Å². The van der Waals surface area contributed by atoms with E-state index in [-0.39, 0.29) is 11.5 Å². The molecule has 0 bridgehead atoms. The standard InChI is InChI=1S/C12H13BrFNO/c1-8-2-3-10(11(14)6-8)12(16)15-5-4-9(13)7-15/h2-3,6,9H,4-5,7H2,1H3. The van der Waals surface area contributed by atoms with E-state index in [2.05, 4.69) is 15.9 Å². The molecule has 1 aliphatic rings. The highest BCUT2D eigenvalue weighted by molar-refractivity contribution is 9.09. The molecule has 1 atom stereocenters. The molecule has 0 aliphatic carbocycles. The minimum atomic E-state index is -0.428. The Hall–Kier alpha value is -0.900. The molecule has 1 fully saturated rings. The lowest BCUT2D eigenvalue weighted by Crippen LogP contribution is -2.29. The van der Waals surface area contributed by atoms with Gasteiger partial charge < -0.3 is 4.90 Å². The van der Waals surface area contributed by atoms with Crippen molar-refractivity contribution >= 4 is 21.8 Å². The molecule has 0 N–H and O–H groups in total. The lowest BCUT2D eigenvalue weighted by atomic mass is 10.1. The number of benzene rings is 1. The molecule has 1 aromatic rings. The summed E-state index contributed by atoms with van der Waals surface area (Å²) in [6.45, 7) is 3.16. The molecule has 16 heavy (non-hydrogen) atoms. The predicted octanol–water partition coefficient (Wildman–Crippen LogP) is 2.74. The summed E-state index contributed by atoms with van der Waals surface area (Å²) in [5, 5.41) is 0. The van der Waals surface area contributed by atoms with Gasteiger partial charge in [0.25, 0.3) is 5.91 Å². The Morgan fingerprint density at radius 2 is 2.31 bits per heavy atom. The summed E-state index contributed by atoms with van der Waals surface area (Å²) >= 11 is 3.46. The number of halogens is 2. The second-order valence-corrected chi connectivity index (χ2v) is 5.42. The zero-order valence-corrected chi connectivity index (χ0v) is 10.6. The first-order valence-electron chi connectivity index (χ1n) is 5.27. The number of amides is 1. The van der Waals surface area contributed by atoms with Crippen LogP contribution in [-0.2, 0) is 0 Å². The average Bonchev–Trinajstić information content (AvgIpc) is 2.64.